The van der Waals surface area contributed by atoms with E-state index in [0.717, 1.165) is 21.6 Å². The lowest BCUT2D eigenvalue weighted by Gasteiger charge is -2.09. The molecule has 0 bridgehead atoms. The third-order valence-corrected chi connectivity index (χ3v) is 4.08. The number of benzene rings is 2. The van der Waals surface area contributed by atoms with Gasteiger partial charge in [-0.3, -0.25) is 0 Å². The Hall–Kier alpha value is -2.57. The predicted molar refractivity (Wildman–Crippen MR) is 84.3 cm³/mol. The summed E-state index contributed by atoms with van der Waals surface area (Å²) in [5, 5.41) is 11.3. The highest BCUT2D eigenvalue weighted by Gasteiger charge is 2.12. The van der Waals surface area contributed by atoms with Gasteiger partial charge >= 0.3 is 0 Å². The molecule has 1 heterocycles. The quantitative estimate of drug-likeness (QED) is 0.699. The molecule has 2 N–H and O–H groups in total. The molecule has 96 valence electrons. The summed E-state index contributed by atoms with van der Waals surface area (Å²) in [6.07, 6.45) is 0. The SMILES string of the molecule is N#Cc1c(N)cc(-c2ccccc2)cc1-c1cccs1. The maximum Gasteiger partial charge on any atom is 0.102 e. The maximum atomic E-state index is 9.33. The molecule has 0 aliphatic heterocycles. The van der Waals surface area contributed by atoms with Crippen LogP contribution in [0.5, 0.6) is 0 Å². The minimum Gasteiger partial charge on any atom is -0.398 e. The maximum absolute atomic E-state index is 9.33. The summed E-state index contributed by atoms with van der Waals surface area (Å²) < 4.78 is 0. The van der Waals surface area contributed by atoms with Gasteiger partial charge in [0.05, 0.1) is 11.3 Å². The van der Waals surface area contributed by atoms with E-state index in [4.69, 9.17) is 5.73 Å². The molecule has 0 aliphatic rings. The molecule has 2 nitrogen and oxygen atoms in total. The third-order valence-electron chi connectivity index (χ3n) is 3.17. The van der Waals surface area contributed by atoms with Crippen molar-refractivity contribution in [3.63, 3.8) is 0 Å². The lowest BCUT2D eigenvalue weighted by Crippen LogP contribution is -1.94. The number of anilines is 1. The van der Waals surface area contributed by atoms with Crippen LogP contribution in [0.1, 0.15) is 5.56 Å². The van der Waals surface area contributed by atoms with Crippen molar-refractivity contribution >= 4 is 17.0 Å². The van der Waals surface area contributed by atoms with Crippen LogP contribution in [0.25, 0.3) is 21.6 Å². The average Bonchev–Trinajstić information content (AvgIpc) is 3.01. The Balaban J connectivity index is 2.24. The van der Waals surface area contributed by atoms with Gasteiger partial charge in [0, 0.05) is 10.4 Å². The summed E-state index contributed by atoms with van der Waals surface area (Å²) >= 11 is 1.61. The summed E-state index contributed by atoms with van der Waals surface area (Å²) in [6, 6.07) is 20.2. The minimum absolute atomic E-state index is 0.525. The van der Waals surface area contributed by atoms with Crippen LogP contribution in [0.15, 0.2) is 60.0 Å². The second-order valence-corrected chi connectivity index (χ2v) is 5.39. The smallest absolute Gasteiger partial charge is 0.102 e. The number of nitrogen functional groups attached to an aromatic ring is 1. The number of hydrogen-bond donors (Lipinski definition) is 1. The molecule has 2 aromatic carbocycles. The normalized spacial score (nSPS) is 10.2. The molecule has 3 heteroatoms. The van der Waals surface area contributed by atoms with Crippen LogP contribution in [0, 0.1) is 11.3 Å². The van der Waals surface area contributed by atoms with Crippen molar-refractivity contribution in [1.82, 2.24) is 0 Å². The Kier molecular flexibility index (Phi) is 3.24. The predicted octanol–water partition coefficient (Wildman–Crippen LogP) is 4.54. The molecule has 0 amide bonds. The monoisotopic (exact) mass is 276 g/mol. The van der Waals surface area contributed by atoms with E-state index in [0.29, 0.717) is 11.3 Å². The van der Waals surface area contributed by atoms with Gasteiger partial charge in [0.25, 0.3) is 0 Å². The van der Waals surface area contributed by atoms with E-state index in [2.05, 4.69) is 6.07 Å². The first-order chi connectivity index (χ1) is 9.79. The summed E-state index contributed by atoms with van der Waals surface area (Å²) in [7, 11) is 0. The summed E-state index contributed by atoms with van der Waals surface area (Å²) in [5.41, 5.74) is 10.2. The lowest BCUT2D eigenvalue weighted by molar-refractivity contribution is 1.48. The van der Waals surface area contributed by atoms with Gasteiger partial charge in [-0.25, -0.2) is 0 Å². The van der Waals surface area contributed by atoms with Crippen molar-refractivity contribution in [3.8, 4) is 27.6 Å². The van der Waals surface area contributed by atoms with Crippen LogP contribution in [0.4, 0.5) is 5.69 Å². The molecular formula is C17H12N2S. The highest BCUT2D eigenvalue weighted by molar-refractivity contribution is 7.13. The van der Waals surface area contributed by atoms with Crippen molar-refractivity contribution in [1.29, 1.82) is 5.26 Å². The highest BCUT2D eigenvalue weighted by Crippen LogP contribution is 2.35. The Morgan fingerprint density at radius 2 is 1.75 bits per heavy atom. The van der Waals surface area contributed by atoms with Gasteiger partial charge in [0.2, 0.25) is 0 Å². The zero-order chi connectivity index (χ0) is 13.9. The van der Waals surface area contributed by atoms with Crippen molar-refractivity contribution in [3.05, 3.63) is 65.5 Å². The van der Waals surface area contributed by atoms with Crippen LogP contribution >= 0.6 is 11.3 Å². The Labute approximate surface area is 121 Å². The van der Waals surface area contributed by atoms with Crippen LogP contribution in [0.2, 0.25) is 0 Å². The molecule has 0 saturated heterocycles. The summed E-state index contributed by atoms with van der Waals surface area (Å²) in [6.45, 7) is 0. The largest absolute Gasteiger partial charge is 0.398 e. The zero-order valence-corrected chi connectivity index (χ0v) is 11.5. The van der Waals surface area contributed by atoms with Gasteiger partial charge in [0.1, 0.15) is 6.07 Å². The first-order valence-corrected chi connectivity index (χ1v) is 7.10. The molecule has 0 fully saturated rings. The van der Waals surface area contributed by atoms with Crippen molar-refractivity contribution in [2.24, 2.45) is 0 Å². The molecule has 0 saturated carbocycles. The van der Waals surface area contributed by atoms with Gasteiger partial charge in [-0.05, 0) is 34.7 Å². The molecule has 0 spiro atoms. The number of rotatable bonds is 2. The van der Waals surface area contributed by atoms with Crippen LogP contribution in [-0.2, 0) is 0 Å². The molecule has 0 radical (unpaired) electrons. The second-order valence-electron chi connectivity index (χ2n) is 4.44. The highest BCUT2D eigenvalue weighted by atomic mass is 32.1. The van der Waals surface area contributed by atoms with Crippen molar-refractivity contribution in [2.75, 3.05) is 5.73 Å². The van der Waals surface area contributed by atoms with Gasteiger partial charge in [-0.1, -0.05) is 36.4 Å². The Morgan fingerprint density at radius 1 is 0.950 bits per heavy atom. The van der Waals surface area contributed by atoms with E-state index < -0.39 is 0 Å². The van der Waals surface area contributed by atoms with E-state index in [1.54, 1.807) is 11.3 Å². The van der Waals surface area contributed by atoms with Crippen molar-refractivity contribution in [2.45, 2.75) is 0 Å². The molecule has 0 aliphatic carbocycles. The fourth-order valence-electron chi connectivity index (χ4n) is 2.21. The number of nitrogens with two attached hydrogens (primary N) is 1. The fourth-order valence-corrected chi connectivity index (χ4v) is 2.96. The van der Waals surface area contributed by atoms with Gasteiger partial charge < -0.3 is 5.73 Å². The van der Waals surface area contributed by atoms with E-state index in [1.807, 2.05) is 60.0 Å². The number of hydrogen-bond acceptors (Lipinski definition) is 3. The fraction of sp³-hybridized carbons (Fsp3) is 0. The van der Waals surface area contributed by atoms with Crippen LogP contribution < -0.4 is 5.73 Å². The third kappa shape index (κ3) is 2.18. The standard InChI is InChI=1S/C17H12N2S/c18-11-15-14(17-7-4-8-20-17)9-13(10-16(15)19)12-5-2-1-3-6-12/h1-10H,19H2. The first kappa shape index (κ1) is 12.5. The Bertz CT molecular complexity index is 769. The van der Waals surface area contributed by atoms with E-state index in [1.165, 1.54) is 0 Å². The summed E-state index contributed by atoms with van der Waals surface area (Å²) in [4.78, 5) is 1.06. The molecule has 3 rings (SSSR count). The zero-order valence-electron chi connectivity index (χ0n) is 10.7. The molecule has 1 aromatic heterocycles. The van der Waals surface area contributed by atoms with Gasteiger partial charge in [0.15, 0.2) is 0 Å². The first-order valence-electron chi connectivity index (χ1n) is 6.22. The van der Waals surface area contributed by atoms with Crippen molar-refractivity contribution < 1.29 is 0 Å². The molecular weight excluding hydrogens is 264 g/mol. The van der Waals surface area contributed by atoms with E-state index in [9.17, 15) is 5.26 Å². The second kappa shape index (κ2) is 5.20. The number of thiophene rings is 1. The van der Waals surface area contributed by atoms with Gasteiger partial charge in [-0.2, -0.15) is 5.26 Å². The van der Waals surface area contributed by atoms with Crippen LogP contribution in [-0.4, -0.2) is 0 Å². The Morgan fingerprint density at radius 3 is 2.40 bits per heavy atom. The number of nitrogens with zero attached hydrogens (tertiary/aromatic N) is 1. The van der Waals surface area contributed by atoms with Crippen LogP contribution in [0.3, 0.4) is 0 Å². The van der Waals surface area contributed by atoms with Gasteiger partial charge in [-0.15, -0.1) is 11.3 Å². The molecule has 3 aromatic rings. The number of nitriles is 1. The lowest BCUT2D eigenvalue weighted by atomic mass is 9.97. The topological polar surface area (TPSA) is 49.8 Å². The van der Waals surface area contributed by atoms with E-state index >= 15 is 0 Å². The molecule has 20 heavy (non-hydrogen) atoms. The molecule has 0 unspecified atom stereocenters. The average molecular weight is 276 g/mol. The molecule has 0 atom stereocenters. The van der Waals surface area contributed by atoms with E-state index in [-0.39, 0.29) is 0 Å². The summed E-state index contributed by atoms with van der Waals surface area (Å²) in [5.74, 6) is 0. The minimum atomic E-state index is 0.525.